The van der Waals surface area contributed by atoms with E-state index in [2.05, 4.69) is 10.2 Å². The molecule has 1 unspecified atom stereocenters. The number of methoxy groups -OCH3 is 2. The Morgan fingerprint density at radius 1 is 1.30 bits per heavy atom. The van der Waals surface area contributed by atoms with Crippen molar-refractivity contribution in [2.45, 2.75) is 25.3 Å². The van der Waals surface area contributed by atoms with Gasteiger partial charge >= 0.3 is 0 Å². The number of thiazole rings is 1. The third kappa shape index (κ3) is 3.69. The van der Waals surface area contributed by atoms with E-state index in [0.29, 0.717) is 19.3 Å². The van der Waals surface area contributed by atoms with Crippen molar-refractivity contribution >= 4 is 16.5 Å². The predicted octanol–water partition coefficient (Wildman–Crippen LogP) is 1.84. The molecule has 0 bridgehead atoms. The van der Waals surface area contributed by atoms with Gasteiger partial charge in [-0.05, 0) is 26.3 Å². The lowest BCUT2D eigenvalue weighted by atomic mass is 9.98. The molecule has 1 atom stereocenters. The van der Waals surface area contributed by atoms with Gasteiger partial charge in [0.15, 0.2) is 5.13 Å². The molecule has 114 valence electrons. The van der Waals surface area contributed by atoms with Crippen molar-refractivity contribution in [1.29, 1.82) is 0 Å². The monoisotopic (exact) mass is 299 g/mol. The summed E-state index contributed by atoms with van der Waals surface area (Å²) in [6, 6.07) is 0.412. The number of nitrogens with one attached hydrogen (secondary N) is 1. The average Bonchev–Trinajstić information content (AvgIpc) is 2.91. The maximum atomic E-state index is 5.20. The third-order valence-electron chi connectivity index (χ3n) is 3.69. The summed E-state index contributed by atoms with van der Waals surface area (Å²) in [5, 5.41) is 4.48. The van der Waals surface area contributed by atoms with Crippen LogP contribution in [0, 0.1) is 0 Å². The molecule has 0 aromatic carbocycles. The molecule has 0 amide bonds. The van der Waals surface area contributed by atoms with E-state index in [1.807, 2.05) is 18.4 Å². The first-order chi connectivity index (χ1) is 9.80. The summed E-state index contributed by atoms with van der Waals surface area (Å²) in [4.78, 5) is 8.58. The Bertz CT molecular complexity index is 403. The minimum absolute atomic E-state index is 0.412. The van der Waals surface area contributed by atoms with Crippen LogP contribution in [0.1, 0.15) is 29.5 Å². The topological polar surface area (TPSA) is 46.6 Å². The molecule has 0 aliphatic heterocycles. The van der Waals surface area contributed by atoms with Crippen LogP contribution in [0.15, 0.2) is 0 Å². The van der Waals surface area contributed by atoms with Crippen LogP contribution < -0.4 is 10.2 Å². The molecular weight excluding hydrogens is 274 g/mol. The Balaban J connectivity index is 2.13. The molecule has 1 aromatic heterocycles. The van der Waals surface area contributed by atoms with Crippen molar-refractivity contribution in [2.24, 2.45) is 0 Å². The summed E-state index contributed by atoms with van der Waals surface area (Å²) in [6.07, 6.45) is 3.59. The molecule has 20 heavy (non-hydrogen) atoms. The van der Waals surface area contributed by atoms with Gasteiger partial charge in [0.05, 0.1) is 24.9 Å². The lowest BCUT2D eigenvalue weighted by Gasteiger charge is -2.21. The second-order valence-corrected chi connectivity index (χ2v) is 6.07. The number of hydrogen-bond donors (Lipinski definition) is 1. The summed E-state index contributed by atoms with van der Waals surface area (Å²) in [6.45, 7) is 3.14. The van der Waals surface area contributed by atoms with Gasteiger partial charge in [-0.1, -0.05) is 0 Å². The van der Waals surface area contributed by atoms with Crippen molar-refractivity contribution in [2.75, 3.05) is 52.5 Å². The number of hydrogen-bond acceptors (Lipinski definition) is 6. The Labute approximate surface area is 125 Å². The van der Waals surface area contributed by atoms with Crippen LogP contribution in [0.25, 0.3) is 0 Å². The predicted molar refractivity (Wildman–Crippen MR) is 82.8 cm³/mol. The van der Waals surface area contributed by atoms with Gasteiger partial charge < -0.3 is 19.7 Å². The highest BCUT2D eigenvalue weighted by Gasteiger charge is 2.25. The van der Waals surface area contributed by atoms with Gasteiger partial charge in [0.25, 0.3) is 0 Å². The van der Waals surface area contributed by atoms with Crippen LogP contribution in [0.5, 0.6) is 0 Å². The van der Waals surface area contributed by atoms with Gasteiger partial charge in [-0.2, -0.15) is 0 Å². The quantitative estimate of drug-likeness (QED) is 0.793. The van der Waals surface area contributed by atoms with Crippen LogP contribution in [0.2, 0.25) is 0 Å². The number of aromatic nitrogens is 1. The summed E-state index contributed by atoms with van der Waals surface area (Å²) in [7, 11) is 5.49. The number of ether oxygens (including phenoxy) is 2. The van der Waals surface area contributed by atoms with Crippen LogP contribution in [-0.2, 0) is 15.9 Å². The van der Waals surface area contributed by atoms with Crippen LogP contribution in [0.3, 0.4) is 0 Å². The normalized spacial score (nSPS) is 18.1. The minimum Gasteiger partial charge on any atom is -0.383 e. The molecule has 6 heteroatoms. The van der Waals surface area contributed by atoms with Crippen molar-refractivity contribution in [3.8, 4) is 0 Å². The molecule has 1 N–H and O–H groups in total. The summed E-state index contributed by atoms with van der Waals surface area (Å²) in [5.74, 6) is 0. The largest absolute Gasteiger partial charge is 0.383 e. The van der Waals surface area contributed by atoms with E-state index in [9.17, 15) is 0 Å². The molecule has 1 aliphatic rings. The molecule has 0 saturated carbocycles. The number of anilines is 1. The number of rotatable bonds is 8. The van der Waals surface area contributed by atoms with Crippen LogP contribution in [-0.4, -0.2) is 52.6 Å². The second kappa shape index (κ2) is 7.93. The molecule has 0 saturated heterocycles. The van der Waals surface area contributed by atoms with Gasteiger partial charge in [0, 0.05) is 32.2 Å². The minimum atomic E-state index is 0.412. The van der Waals surface area contributed by atoms with E-state index >= 15 is 0 Å². The molecule has 0 fully saturated rings. The highest BCUT2D eigenvalue weighted by atomic mass is 32.1. The van der Waals surface area contributed by atoms with E-state index in [1.165, 1.54) is 23.4 Å². The lowest BCUT2D eigenvalue weighted by molar-refractivity contribution is 0.190. The highest BCUT2D eigenvalue weighted by Crippen LogP contribution is 2.36. The fourth-order valence-corrected chi connectivity index (χ4v) is 3.74. The smallest absolute Gasteiger partial charge is 0.185 e. The maximum absolute atomic E-state index is 5.20. The zero-order valence-corrected chi connectivity index (χ0v) is 13.5. The van der Waals surface area contributed by atoms with E-state index in [-0.39, 0.29) is 0 Å². The van der Waals surface area contributed by atoms with E-state index in [1.54, 1.807) is 14.2 Å². The van der Waals surface area contributed by atoms with Crippen molar-refractivity contribution in [3.63, 3.8) is 0 Å². The number of aryl methyl sites for hydroxylation is 1. The molecule has 0 radical (unpaired) electrons. The Morgan fingerprint density at radius 3 is 2.60 bits per heavy atom. The standard InChI is InChI=1S/C14H25N3O2S/c1-15-11-5-4-6-12-13(11)16-14(20-12)17(7-9-18-2)8-10-19-3/h11,15H,4-10H2,1-3H3. The lowest BCUT2D eigenvalue weighted by Crippen LogP contribution is -2.30. The van der Waals surface area contributed by atoms with Gasteiger partial charge in [0.1, 0.15) is 0 Å². The van der Waals surface area contributed by atoms with Gasteiger partial charge in [-0.15, -0.1) is 11.3 Å². The van der Waals surface area contributed by atoms with Crippen molar-refractivity contribution < 1.29 is 9.47 Å². The van der Waals surface area contributed by atoms with E-state index in [4.69, 9.17) is 14.5 Å². The Hall–Kier alpha value is -0.690. The SMILES string of the molecule is CNC1CCCc2sc(N(CCOC)CCOC)nc21. The molecule has 5 nitrogen and oxygen atoms in total. The first kappa shape index (κ1) is 15.7. The first-order valence-corrected chi connectivity index (χ1v) is 8.01. The fraction of sp³-hybridized carbons (Fsp3) is 0.786. The summed E-state index contributed by atoms with van der Waals surface area (Å²) < 4.78 is 10.4. The van der Waals surface area contributed by atoms with Gasteiger partial charge in [-0.3, -0.25) is 0 Å². The summed E-state index contributed by atoms with van der Waals surface area (Å²) >= 11 is 1.83. The molecule has 1 aliphatic carbocycles. The van der Waals surface area contributed by atoms with Crippen LogP contribution >= 0.6 is 11.3 Å². The molecule has 1 aromatic rings. The van der Waals surface area contributed by atoms with Crippen molar-refractivity contribution in [3.05, 3.63) is 10.6 Å². The zero-order chi connectivity index (χ0) is 14.4. The Kier molecular flexibility index (Phi) is 6.22. The summed E-state index contributed by atoms with van der Waals surface area (Å²) in [5.41, 5.74) is 1.25. The van der Waals surface area contributed by atoms with E-state index < -0.39 is 0 Å². The van der Waals surface area contributed by atoms with Crippen molar-refractivity contribution in [1.82, 2.24) is 10.3 Å². The van der Waals surface area contributed by atoms with Gasteiger partial charge in [-0.25, -0.2) is 4.98 Å². The number of fused-ring (bicyclic) bond motifs is 1. The Morgan fingerprint density at radius 2 is 2.00 bits per heavy atom. The molecule has 2 rings (SSSR count). The molecule has 0 spiro atoms. The maximum Gasteiger partial charge on any atom is 0.185 e. The van der Waals surface area contributed by atoms with Crippen LogP contribution in [0.4, 0.5) is 5.13 Å². The average molecular weight is 299 g/mol. The zero-order valence-electron chi connectivity index (χ0n) is 12.6. The molecule has 1 heterocycles. The first-order valence-electron chi connectivity index (χ1n) is 7.19. The number of nitrogens with zero attached hydrogens (tertiary/aromatic N) is 2. The fourth-order valence-electron chi connectivity index (χ4n) is 2.53. The highest BCUT2D eigenvalue weighted by molar-refractivity contribution is 7.15. The van der Waals surface area contributed by atoms with Gasteiger partial charge in [0.2, 0.25) is 0 Å². The third-order valence-corrected chi connectivity index (χ3v) is 4.88. The van der Waals surface area contributed by atoms with E-state index in [0.717, 1.165) is 24.6 Å². The second-order valence-electron chi connectivity index (χ2n) is 5.01. The molecular formula is C14H25N3O2S.